The van der Waals surface area contributed by atoms with Crippen LogP contribution in [0.25, 0.3) is 0 Å². The molecule has 2 rings (SSSR count). The van der Waals surface area contributed by atoms with Crippen molar-refractivity contribution in [1.82, 2.24) is 20.5 Å². The van der Waals surface area contributed by atoms with Gasteiger partial charge < -0.3 is 20.5 Å². The summed E-state index contributed by atoms with van der Waals surface area (Å²) in [6, 6.07) is 0. The minimum Gasteiger partial charge on any atom is -0.549 e. The van der Waals surface area contributed by atoms with Crippen LogP contribution in [0.5, 0.6) is 0 Å². The number of aromatic nitrogens is 3. The van der Waals surface area contributed by atoms with Crippen molar-refractivity contribution >= 4 is 17.7 Å². The van der Waals surface area contributed by atoms with Gasteiger partial charge in [0.1, 0.15) is 5.82 Å². The predicted octanol–water partition coefficient (Wildman–Crippen LogP) is -2.89. The maximum Gasteiger partial charge on any atom is 0.208 e. The van der Waals surface area contributed by atoms with Gasteiger partial charge in [0.2, 0.25) is 5.16 Å². The minimum absolute atomic E-state index is 0.114. The highest BCUT2D eigenvalue weighted by Crippen LogP contribution is 2.10. The molecule has 0 atom stereocenters. The minimum atomic E-state index is -1.11. The summed E-state index contributed by atoms with van der Waals surface area (Å²) in [7, 11) is 0. The molecule has 17 heavy (non-hydrogen) atoms. The van der Waals surface area contributed by atoms with Crippen molar-refractivity contribution < 1.29 is 15.2 Å². The fraction of sp³-hybridized carbons (Fsp3) is 0.667. The van der Waals surface area contributed by atoms with Crippen molar-refractivity contribution in [2.75, 3.05) is 31.9 Å². The van der Waals surface area contributed by atoms with Gasteiger partial charge >= 0.3 is 0 Å². The Morgan fingerprint density at radius 1 is 1.53 bits per heavy atom. The Kier molecular flexibility index (Phi) is 6.60. The summed E-state index contributed by atoms with van der Waals surface area (Å²) in [6.45, 7) is 6.66. The van der Waals surface area contributed by atoms with E-state index in [0.29, 0.717) is 11.0 Å². The molecule has 2 heterocycles. The van der Waals surface area contributed by atoms with Crippen LogP contribution < -0.4 is 15.7 Å². The third-order valence-corrected chi connectivity index (χ3v) is 2.77. The lowest BCUT2D eigenvalue weighted by Gasteiger charge is -2.07. The number of aromatic amines is 1. The normalized spacial score (nSPS) is 14.9. The summed E-state index contributed by atoms with van der Waals surface area (Å²) in [5.74, 6) is -0.555. The number of aryl methyl sites for hydroxylation is 1. The maximum atomic E-state index is 9.98. The number of nitrogens with zero attached hydrogens (tertiary/aromatic N) is 2. The molecule has 7 nitrogen and oxygen atoms in total. The van der Waals surface area contributed by atoms with Gasteiger partial charge in [0.25, 0.3) is 0 Å². The van der Waals surface area contributed by atoms with Crippen LogP contribution in [0.1, 0.15) is 5.82 Å². The number of thioether (sulfide) groups is 1. The average molecular weight is 259 g/mol. The number of quaternary nitrogens is 1. The van der Waals surface area contributed by atoms with Gasteiger partial charge in [-0.1, -0.05) is 11.8 Å². The summed E-state index contributed by atoms with van der Waals surface area (Å²) >= 11 is 1.03. The van der Waals surface area contributed by atoms with Gasteiger partial charge in [0, 0.05) is 18.8 Å². The highest BCUT2D eigenvalue weighted by molar-refractivity contribution is 7.99. The smallest absolute Gasteiger partial charge is 0.208 e. The van der Waals surface area contributed by atoms with E-state index >= 15 is 0 Å². The molecule has 0 aliphatic carbocycles. The molecule has 1 aromatic rings. The fourth-order valence-electron chi connectivity index (χ4n) is 1.19. The Labute approximate surface area is 104 Å². The van der Waals surface area contributed by atoms with Gasteiger partial charge in [-0.2, -0.15) is 0 Å². The zero-order valence-corrected chi connectivity index (χ0v) is 10.5. The third-order valence-electron chi connectivity index (χ3n) is 1.95. The van der Waals surface area contributed by atoms with Crippen LogP contribution in [-0.4, -0.2) is 53.1 Å². The molecule has 4 N–H and O–H groups in total. The van der Waals surface area contributed by atoms with Crippen LogP contribution in [0.2, 0.25) is 0 Å². The van der Waals surface area contributed by atoms with E-state index in [1.807, 2.05) is 0 Å². The highest BCUT2D eigenvalue weighted by Gasteiger charge is 1.99. The van der Waals surface area contributed by atoms with E-state index in [4.69, 9.17) is 0 Å². The summed E-state index contributed by atoms with van der Waals surface area (Å²) in [5.41, 5.74) is 0. The number of H-pyrrole nitrogens is 1. The summed E-state index contributed by atoms with van der Waals surface area (Å²) in [4.78, 5) is 13.9. The monoisotopic (exact) mass is 259 g/mol. The second-order valence-corrected chi connectivity index (χ2v) is 4.42. The summed E-state index contributed by atoms with van der Waals surface area (Å²) < 4.78 is 0. The van der Waals surface area contributed by atoms with Crippen molar-refractivity contribution in [3.63, 3.8) is 0 Å². The van der Waals surface area contributed by atoms with Crippen LogP contribution >= 0.6 is 11.8 Å². The van der Waals surface area contributed by atoms with E-state index in [0.717, 1.165) is 11.8 Å². The maximum absolute atomic E-state index is 9.98. The number of rotatable bonds is 3. The Bertz CT molecular complexity index is 328. The van der Waals surface area contributed by atoms with Gasteiger partial charge in [-0.05, 0) is 6.92 Å². The number of piperazine rings is 1. The van der Waals surface area contributed by atoms with Gasteiger partial charge in [0.05, 0.1) is 19.1 Å². The highest BCUT2D eigenvalue weighted by atomic mass is 32.2. The largest absolute Gasteiger partial charge is 0.549 e. The zero-order valence-electron chi connectivity index (χ0n) is 9.73. The van der Waals surface area contributed by atoms with Gasteiger partial charge in [-0.25, -0.2) is 4.98 Å². The number of carboxylic acid groups (broad SMARTS) is 1. The second kappa shape index (κ2) is 8.04. The lowest BCUT2D eigenvalue weighted by Crippen LogP contribution is -2.89. The first-order chi connectivity index (χ1) is 8.18. The van der Waals surface area contributed by atoms with Crippen molar-refractivity contribution in [2.24, 2.45) is 0 Å². The van der Waals surface area contributed by atoms with Crippen LogP contribution in [0.15, 0.2) is 5.16 Å². The number of nitrogens with two attached hydrogens (primary N) is 1. The first kappa shape index (κ1) is 13.9. The molecule has 0 bridgehead atoms. The lowest BCUT2D eigenvalue weighted by atomic mass is 10.4. The number of carbonyl (C=O) groups is 1. The van der Waals surface area contributed by atoms with Crippen LogP contribution in [0.3, 0.4) is 0 Å². The number of hydrogen-bond donors (Lipinski definition) is 3. The quantitative estimate of drug-likeness (QED) is 0.503. The molecule has 96 valence electrons. The van der Waals surface area contributed by atoms with E-state index in [-0.39, 0.29) is 5.75 Å². The van der Waals surface area contributed by atoms with Crippen molar-refractivity contribution in [1.29, 1.82) is 0 Å². The molecule has 0 saturated carbocycles. The third kappa shape index (κ3) is 6.93. The Morgan fingerprint density at radius 2 is 2.24 bits per heavy atom. The predicted molar refractivity (Wildman–Crippen MR) is 61.4 cm³/mol. The molecule has 1 saturated heterocycles. The SMILES string of the molecule is C1C[NH2+]CCN1.Cc1nc(SCC(=O)[O-])n[nH]1. The molecule has 0 aromatic carbocycles. The Hall–Kier alpha value is -1.12. The molecule has 0 radical (unpaired) electrons. The number of carboxylic acids is 1. The first-order valence-corrected chi connectivity index (χ1v) is 6.41. The molecule has 0 unspecified atom stereocenters. The molecule has 1 aliphatic heterocycles. The molecule has 1 aliphatic rings. The van der Waals surface area contributed by atoms with E-state index in [1.165, 1.54) is 26.2 Å². The average Bonchev–Trinajstić information content (AvgIpc) is 2.76. The van der Waals surface area contributed by atoms with Crippen molar-refractivity contribution in [3.8, 4) is 0 Å². The van der Waals surface area contributed by atoms with Crippen LogP contribution in [0.4, 0.5) is 0 Å². The Morgan fingerprint density at radius 3 is 2.59 bits per heavy atom. The van der Waals surface area contributed by atoms with Crippen molar-refractivity contribution in [3.05, 3.63) is 5.82 Å². The van der Waals surface area contributed by atoms with Gasteiger partial charge in [0.15, 0.2) is 0 Å². The number of hydrogen-bond acceptors (Lipinski definition) is 6. The van der Waals surface area contributed by atoms with Gasteiger partial charge in [-0.3, -0.25) is 5.10 Å². The molecule has 0 amide bonds. The second-order valence-electron chi connectivity index (χ2n) is 3.48. The summed E-state index contributed by atoms with van der Waals surface area (Å²) in [6.07, 6.45) is 0. The van der Waals surface area contributed by atoms with E-state index < -0.39 is 5.97 Å². The van der Waals surface area contributed by atoms with E-state index in [9.17, 15) is 9.90 Å². The summed E-state index contributed by atoms with van der Waals surface area (Å²) in [5, 5.41) is 22.3. The molecular weight excluding hydrogens is 242 g/mol. The topological polar surface area (TPSA) is 110 Å². The lowest BCUT2D eigenvalue weighted by molar-refractivity contribution is -0.657. The van der Waals surface area contributed by atoms with Crippen LogP contribution in [-0.2, 0) is 4.79 Å². The first-order valence-electron chi connectivity index (χ1n) is 5.42. The zero-order chi connectivity index (χ0) is 12.5. The van der Waals surface area contributed by atoms with E-state index in [2.05, 4.69) is 25.8 Å². The van der Waals surface area contributed by atoms with Crippen LogP contribution in [0, 0.1) is 6.92 Å². The molecular formula is C9H17N5O2S. The number of carbonyl (C=O) groups excluding carboxylic acids is 1. The van der Waals surface area contributed by atoms with Gasteiger partial charge in [-0.15, -0.1) is 5.10 Å². The fourth-order valence-corrected chi connectivity index (χ4v) is 1.75. The molecule has 8 heteroatoms. The van der Waals surface area contributed by atoms with Crippen molar-refractivity contribution in [2.45, 2.75) is 12.1 Å². The molecule has 1 fully saturated rings. The number of nitrogens with one attached hydrogen (secondary N) is 2. The standard InChI is InChI=1S/C5H7N3O2S.C4H10N2/c1-3-6-5(8-7-3)11-2-4(9)10;1-2-6-4-3-5-1/h2H2,1H3,(H,9,10)(H,6,7,8);5-6H,1-4H2. The molecule has 1 aromatic heterocycles. The number of aliphatic carboxylic acids is 1. The van der Waals surface area contributed by atoms with E-state index in [1.54, 1.807) is 6.92 Å². The molecule has 0 spiro atoms. The Balaban J connectivity index is 0.000000202.